The Balaban J connectivity index is 1.95. The van der Waals surface area contributed by atoms with Crippen LogP contribution in [0.3, 0.4) is 0 Å². The minimum atomic E-state index is -0.679. The van der Waals surface area contributed by atoms with Crippen LogP contribution in [0.4, 0.5) is 5.69 Å². The molecular formula is C22H24ClNO4. The number of methoxy groups -OCH3 is 2. The Hall–Kier alpha value is -2.53. The molecule has 28 heavy (non-hydrogen) atoms. The number of halogens is 1. The summed E-state index contributed by atoms with van der Waals surface area (Å²) in [6.45, 7) is 0. The zero-order valence-electron chi connectivity index (χ0n) is 16.1. The second-order valence-corrected chi connectivity index (χ2v) is 7.39. The minimum absolute atomic E-state index is 0.110. The van der Waals surface area contributed by atoms with Crippen LogP contribution >= 0.6 is 11.6 Å². The minimum Gasteiger partial charge on any atom is -0.496 e. The van der Waals surface area contributed by atoms with E-state index in [1.807, 2.05) is 24.3 Å². The Morgan fingerprint density at radius 2 is 1.75 bits per heavy atom. The molecule has 3 rings (SSSR count). The van der Waals surface area contributed by atoms with E-state index >= 15 is 0 Å². The molecule has 1 fully saturated rings. The molecule has 0 bridgehead atoms. The van der Waals surface area contributed by atoms with Crippen LogP contribution in [-0.2, 0) is 14.9 Å². The smallest absolute Gasteiger partial charge is 0.341 e. The predicted octanol–water partition coefficient (Wildman–Crippen LogP) is 4.98. The van der Waals surface area contributed by atoms with E-state index in [4.69, 9.17) is 21.1 Å². The van der Waals surface area contributed by atoms with Gasteiger partial charge in [-0.3, -0.25) is 4.79 Å². The molecule has 0 aliphatic heterocycles. The van der Waals surface area contributed by atoms with E-state index in [-0.39, 0.29) is 11.5 Å². The summed E-state index contributed by atoms with van der Waals surface area (Å²) in [6.07, 6.45) is 4.52. The number of rotatable bonds is 5. The number of esters is 1. The lowest BCUT2D eigenvalue weighted by Gasteiger charge is -2.37. The van der Waals surface area contributed by atoms with Crippen LogP contribution in [-0.4, -0.2) is 26.1 Å². The Bertz CT molecular complexity index is 875. The van der Waals surface area contributed by atoms with E-state index in [0.29, 0.717) is 16.5 Å². The zero-order chi connectivity index (χ0) is 20.1. The fourth-order valence-electron chi connectivity index (χ4n) is 3.93. The van der Waals surface area contributed by atoms with Gasteiger partial charge in [0.05, 0.1) is 19.6 Å². The van der Waals surface area contributed by atoms with Crippen LogP contribution in [0.1, 0.15) is 48.0 Å². The number of benzene rings is 2. The molecule has 0 atom stereocenters. The number of anilines is 1. The number of hydrogen-bond acceptors (Lipinski definition) is 4. The highest BCUT2D eigenvalue weighted by Crippen LogP contribution is 2.43. The van der Waals surface area contributed by atoms with Gasteiger partial charge in [-0.15, -0.1) is 0 Å². The van der Waals surface area contributed by atoms with Gasteiger partial charge >= 0.3 is 5.97 Å². The number of carbonyl (C=O) groups excluding carboxylic acids is 2. The maximum absolute atomic E-state index is 13.4. The van der Waals surface area contributed by atoms with Gasteiger partial charge in [0.15, 0.2) is 0 Å². The summed E-state index contributed by atoms with van der Waals surface area (Å²) in [7, 11) is 2.79. The molecule has 2 aromatic rings. The number of hydrogen-bond donors (Lipinski definition) is 1. The monoisotopic (exact) mass is 401 g/mol. The van der Waals surface area contributed by atoms with Gasteiger partial charge in [-0.1, -0.05) is 49.1 Å². The van der Waals surface area contributed by atoms with Gasteiger partial charge in [0.2, 0.25) is 5.91 Å². The van der Waals surface area contributed by atoms with Crippen LogP contribution in [0.15, 0.2) is 42.5 Å². The van der Waals surface area contributed by atoms with E-state index in [1.165, 1.54) is 14.2 Å². The first kappa shape index (κ1) is 20.2. The normalized spacial score (nSPS) is 15.5. The van der Waals surface area contributed by atoms with Crippen molar-refractivity contribution in [3.05, 3.63) is 58.6 Å². The molecule has 0 aromatic heterocycles. The number of nitrogens with one attached hydrogen (secondary N) is 1. The first-order valence-electron chi connectivity index (χ1n) is 9.34. The molecule has 1 aliphatic rings. The van der Waals surface area contributed by atoms with Crippen LogP contribution in [0.25, 0.3) is 0 Å². The molecule has 1 aliphatic carbocycles. The van der Waals surface area contributed by atoms with E-state index in [9.17, 15) is 9.59 Å². The maximum atomic E-state index is 13.4. The lowest BCUT2D eigenvalue weighted by molar-refractivity contribution is -0.122. The van der Waals surface area contributed by atoms with E-state index in [2.05, 4.69) is 5.32 Å². The SMILES string of the molecule is COC(=O)c1cc(NC(=O)C2(c3ccccc3Cl)CCCCC2)ccc1OC. The molecule has 0 radical (unpaired) electrons. The third kappa shape index (κ3) is 3.85. The van der Waals surface area contributed by atoms with Crippen molar-refractivity contribution in [2.45, 2.75) is 37.5 Å². The van der Waals surface area contributed by atoms with Crippen molar-refractivity contribution in [1.82, 2.24) is 0 Å². The van der Waals surface area contributed by atoms with Gasteiger partial charge in [0, 0.05) is 10.7 Å². The molecule has 6 heteroatoms. The summed E-state index contributed by atoms with van der Waals surface area (Å²) in [6, 6.07) is 12.5. The summed E-state index contributed by atoms with van der Waals surface area (Å²) in [5.74, 6) is -0.240. The number of carbonyl (C=O) groups is 2. The summed E-state index contributed by atoms with van der Waals surface area (Å²) in [5.41, 5.74) is 0.957. The third-order valence-corrected chi connectivity index (χ3v) is 5.72. The second-order valence-electron chi connectivity index (χ2n) is 6.98. The topological polar surface area (TPSA) is 64.6 Å². The molecule has 1 N–H and O–H groups in total. The molecule has 1 saturated carbocycles. The molecule has 148 valence electrons. The van der Waals surface area contributed by atoms with E-state index < -0.39 is 11.4 Å². The van der Waals surface area contributed by atoms with E-state index in [0.717, 1.165) is 37.7 Å². The van der Waals surface area contributed by atoms with Gasteiger partial charge in [0.25, 0.3) is 0 Å². The maximum Gasteiger partial charge on any atom is 0.341 e. The third-order valence-electron chi connectivity index (χ3n) is 5.39. The second kappa shape index (κ2) is 8.65. The highest BCUT2D eigenvalue weighted by atomic mass is 35.5. The van der Waals surface area contributed by atoms with Crippen LogP contribution < -0.4 is 10.1 Å². The molecule has 2 aromatic carbocycles. The Morgan fingerprint density at radius 3 is 2.39 bits per heavy atom. The standard InChI is InChI=1S/C22H24ClNO4/c1-27-19-11-10-15(14-16(19)20(25)28-2)24-21(26)22(12-6-3-7-13-22)17-8-4-5-9-18(17)23/h4-5,8-11,14H,3,6-7,12-13H2,1-2H3,(H,24,26). The summed E-state index contributed by atoms with van der Waals surface area (Å²) in [4.78, 5) is 25.5. The molecule has 0 heterocycles. The Kier molecular flexibility index (Phi) is 6.25. The highest BCUT2D eigenvalue weighted by Gasteiger charge is 2.42. The molecule has 0 saturated heterocycles. The quantitative estimate of drug-likeness (QED) is 0.718. The van der Waals surface area contributed by atoms with Crippen molar-refractivity contribution in [2.24, 2.45) is 0 Å². The van der Waals surface area contributed by atoms with Crippen molar-refractivity contribution >= 4 is 29.2 Å². The Morgan fingerprint density at radius 1 is 1.04 bits per heavy atom. The van der Waals surface area contributed by atoms with Crippen molar-refractivity contribution < 1.29 is 19.1 Å². The van der Waals surface area contributed by atoms with Gasteiger partial charge in [-0.25, -0.2) is 4.79 Å². The van der Waals surface area contributed by atoms with Crippen LogP contribution in [0.5, 0.6) is 5.75 Å². The van der Waals surface area contributed by atoms with Crippen molar-refractivity contribution in [1.29, 1.82) is 0 Å². The van der Waals surface area contributed by atoms with Crippen molar-refractivity contribution in [3.63, 3.8) is 0 Å². The fourth-order valence-corrected chi connectivity index (χ4v) is 4.25. The summed E-state index contributed by atoms with van der Waals surface area (Å²) < 4.78 is 10.0. The average Bonchev–Trinajstić information content (AvgIpc) is 2.73. The Labute approximate surface area is 170 Å². The summed E-state index contributed by atoms with van der Waals surface area (Å²) in [5, 5.41) is 3.59. The molecule has 0 unspecified atom stereocenters. The van der Waals surface area contributed by atoms with Gasteiger partial charge in [0.1, 0.15) is 11.3 Å². The molecule has 5 nitrogen and oxygen atoms in total. The number of ether oxygens (including phenoxy) is 2. The van der Waals surface area contributed by atoms with Crippen molar-refractivity contribution in [2.75, 3.05) is 19.5 Å². The lowest BCUT2D eigenvalue weighted by atomic mass is 9.68. The van der Waals surface area contributed by atoms with Gasteiger partial charge in [-0.05, 0) is 42.7 Å². The largest absolute Gasteiger partial charge is 0.496 e. The first-order valence-corrected chi connectivity index (χ1v) is 9.72. The highest BCUT2D eigenvalue weighted by molar-refractivity contribution is 6.31. The van der Waals surface area contributed by atoms with Crippen molar-refractivity contribution in [3.8, 4) is 5.75 Å². The van der Waals surface area contributed by atoms with Gasteiger partial charge in [-0.2, -0.15) is 0 Å². The number of amides is 1. The molecule has 0 spiro atoms. The molecule has 1 amide bonds. The summed E-state index contributed by atoms with van der Waals surface area (Å²) >= 11 is 6.46. The molecular weight excluding hydrogens is 378 g/mol. The average molecular weight is 402 g/mol. The van der Waals surface area contributed by atoms with E-state index in [1.54, 1.807) is 18.2 Å². The zero-order valence-corrected chi connectivity index (χ0v) is 16.8. The predicted molar refractivity (Wildman–Crippen MR) is 109 cm³/mol. The van der Waals surface area contributed by atoms with Crippen LogP contribution in [0.2, 0.25) is 5.02 Å². The fraction of sp³-hybridized carbons (Fsp3) is 0.364. The lowest BCUT2D eigenvalue weighted by Crippen LogP contribution is -2.42. The first-order chi connectivity index (χ1) is 13.5. The van der Waals surface area contributed by atoms with Gasteiger partial charge < -0.3 is 14.8 Å². The van der Waals surface area contributed by atoms with Crippen LogP contribution in [0, 0.1) is 0 Å².